The summed E-state index contributed by atoms with van der Waals surface area (Å²) in [5.41, 5.74) is 1.43. The fourth-order valence-corrected chi connectivity index (χ4v) is 2.32. The van der Waals surface area contributed by atoms with E-state index in [0.717, 1.165) is 12.8 Å². The summed E-state index contributed by atoms with van der Waals surface area (Å²) >= 11 is 0. The molecule has 0 radical (unpaired) electrons. The molecule has 2 amide bonds. The van der Waals surface area contributed by atoms with Gasteiger partial charge >= 0.3 is 6.03 Å². The van der Waals surface area contributed by atoms with E-state index in [0.29, 0.717) is 6.54 Å². The minimum atomic E-state index is -0.153. The molecule has 1 fully saturated rings. The van der Waals surface area contributed by atoms with E-state index >= 15 is 0 Å². The number of urea groups is 1. The normalized spacial score (nSPS) is 18.9. The third kappa shape index (κ3) is 3.51. The number of rotatable bonds is 6. The molecule has 4 heteroatoms. The summed E-state index contributed by atoms with van der Waals surface area (Å²) < 4.78 is 0. The molecule has 1 saturated carbocycles. The van der Waals surface area contributed by atoms with Crippen LogP contribution in [0.4, 0.5) is 4.79 Å². The highest BCUT2D eigenvalue weighted by Gasteiger charge is 2.44. The maximum Gasteiger partial charge on any atom is 0.315 e. The van der Waals surface area contributed by atoms with E-state index in [1.54, 1.807) is 0 Å². The topological polar surface area (TPSA) is 61.4 Å². The molecule has 1 aromatic rings. The highest BCUT2D eigenvalue weighted by atomic mass is 16.3. The van der Waals surface area contributed by atoms with Gasteiger partial charge in [0.05, 0.1) is 0 Å². The number of carbonyl (C=O) groups is 1. The Morgan fingerprint density at radius 1 is 1.30 bits per heavy atom. The monoisotopic (exact) mass is 276 g/mol. The zero-order valence-corrected chi connectivity index (χ0v) is 12.2. The first-order chi connectivity index (χ1) is 9.57. The van der Waals surface area contributed by atoms with Crippen LogP contribution in [0.15, 0.2) is 30.3 Å². The molecule has 0 saturated heterocycles. The molecular formula is C16H24N2O2. The molecule has 2 atom stereocenters. The SMILES string of the molecule is CC(CO)C(C)NC(=O)NCC1(c2ccccc2)CC1. The second-order valence-corrected chi connectivity index (χ2v) is 5.92. The van der Waals surface area contributed by atoms with Crippen molar-refractivity contribution in [3.63, 3.8) is 0 Å². The summed E-state index contributed by atoms with van der Waals surface area (Å²) in [6, 6.07) is 10.2. The van der Waals surface area contributed by atoms with E-state index in [4.69, 9.17) is 5.11 Å². The molecule has 0 spiro atoms. The minimum Gasteiger partial charge on any atom is -0.396 e. The molecule has 1 aliphatic carbocycles. The Balaban J connectivity index is 1.82. The molecule has 110 valence electrons. The Hall–Kier alpha value is -1.55. The lowest BCUT2D eigenvalue weighted by Gasteiger charge is -2.21. The number of aliphatic hydroxyl groups excluding tert-OH is 1. The quantitative estimate of drug-likeness (QED) is 0.744. The zero-order valence-electron chi connectivity index (χ0n) is 12.2. The fourth-order valence-electron chi connectivity index (χ4n) is 2.32. The summed E-state index contributed by atoms with van der Waals surface area (Å²) in [6.07, 6.45) is 2.25. The fraction of sp³-hybridized carbons (Fsp3) is 0.562. The molecule has 4 nitrogen and oxygen atoms in total. The molecule has 0 aromatic heterocycles. The van der Waals surface area contributed by atoms with Crippen molar-refractivity contribution in [1.29, 1.82) is 0 Å². The van der Waals surface area contributed by atoms with Gasteiger partial charge in [-0.05, 0) is 31.2 Å². The van der Waals surface area contributed by atoms with Crippen LogP contribution in [0.3, 0.4) is 0 Å². The van der Waals surface area contributed by atoms with Crippen LogP contribution in [0.2, 0.25) is 0 Å². The predicted octanol–water partition coefficient (Wildman–Crippen LogP) is 2.03. The van der Waals surface area contributed by atoms with Gasteiger partial charge in [-0.15, -0.1) is 0 Å². The van der Waals surface area contributed by atoms with Gasteiger partial charge in [-0.1, -0.05) is 37.3 Å². The number of nitrogens with one attached hydrogen (secondary N) is 2. The highest BCUT2D eigenvalue weighted by molar-refractivity contribution is 5.74. The number of carbonyl (C=O) groups excluding carboxylic acids is 1. The Morgan fingerprint density at radius 3 is 2.50 bits per heavy atom. The molecule has 0 aliphatic heterocycles. The lowest BCUT2D eigenvalue weighted by Crippen LogP contribution is -2.46. The smallest absolute Gasteiger partial charge is 0.315 e. The molecule has 0 bridgehead atoms. The average Bonchev–Trinajstić information content (AvgIpc) is 3.26. The Kier molecular flexibility index (Phi) is 4.65. The van der Waals surface area contributed by atoms with Gasteiger partial charge in [-0.2, -0.15) is 0 Å². The van der Waals surface area contributed by atoms with Crippen LogP contribution in [0.5, 0.6) is 0 Å². The first-order valence-corrected chi connectivity index (χ1v) is 7.28. The summed E-state index contributed by atoms with van der Waals surface area (Å²) in [5.74, 6) is 0.0600. The molecule has 2 unspecified atom stereocenters. The summed E-state index contributed by atoms with van der Waals surface area (Å²) in [6.45, 7) is 4.57. The van der Waals surface area contributed by atoms with Crippen molar-refractivity contribution in [2.45, 2.75) is 38.1 Å². The van der Waals surface area contributed by atoms with Crippen molar-refractivity contribution < 1.29 is 9.90 Å². The molecule has 1 aromatic carbocycles. The summed E-state index contributed by atoms with van der Waals surface area (Å²) in [5, 5.41) is 14.9. The van der Waals surface area contributed by atoms with Crippen molar-refractivity contribution >= 4 is 6.03 Å². The molecular weight excluding hydrogens is 252 g/mol. The van der Waals surface area contributed by atoms with Gasteiger partial charge in [0.1, 0.15) is 0 Å². The van der Waals surface area contributed by atoms with Crippen LogP contribution in [-0.2, 0) is 5.41 Å². The number of hydrogen-bond donors (Lipinski definition) is 3. The number of amides is 2. The first kappa shape index (κ1) is 14.9. The Morgan fingerprint density at radius 2 is 1.95 bits per heavy atom. The second-order valence-electron chi connectivity index (χ2n) is 5.92. The minimum absolute atomic E-state index is 0.0353. The van der Waals surface area contributed by atoms with Crippen molar-refractivity contribution in [2.75, 3.05) is 13.2 Å². The van der Waals surface area contributed by atoms with Crippen LogP contribution in [0.1, 0.15) is 32.3 Å². The summed E-state index contributed by atoms with van der Waals surface area (Å²) in [4.78, 5) is 11.9. The van der Waals surface area contributed by atoms with E-state index in [-0.39, 0.29) is 30.0 Å². The van der Waals surface area contributed by atoms with E-state index < -0.39 is 0 Å². The van der Waals surface area contributed by atoms with Gasteiger partial charge in [0, 0.05) is 24.6 Å². The molecule has 0 heterocycles. The van der Waals surface area contributed by atoms with E-state index in [1.165, 1.54) is 5.56 Å². The van der Waals surface area contributed by atoms with Crippen molar-refractivity contribution in [3.8, 4) is 0 Å². The predicted molar refractivity (Wildman–Crippen MR) is 79.6 cm³/mol. The molecule has 2 rings (SSSR count). The zero-order chi connectivity index (χ0) is 14.6. The summed E-state index contributed by atoms with van der Waals surface area (Å²) in [7, 11) is 0. The second kappa shape index (κ2) is 6.27. The van der Waals surface area contributed by atoms with Crippen LogP contribution in [0, 0.1) is 5.92 Å². The maximum atomic E-state index is 11.9. The number of benzene rings is 1. The van der Waals surface area contributed by atoms with Gasteiger partial charge in [0.2, 0.25) is 0 Å². The van der Waals surface area contributed by atoms with Gasteiger partial charge in [-0.25, -0.2) is 4.79 Å². The largest absolute Gasteiger partial charge is 0.396 e. The molecule has 3 N–H and O–H groups in total. The van der Waals surface area contributed by atoms with Gasteiger partial charge in [-0.3, -0.25) is 0 Å². The van der Waals surface area contributed by atoms with Crippen molar-refractivity contribution in [1.82, 2.24) is 10.6 Å². The van der Waals surface area contributed by atoms with Crippen LogP contribution < -0.4 is 10.6 Å². The standard InChI is InChI=1S/C16H24N2O2/c1-12(10-19)13(2)18-15(20)17-11-16(8-9-16)14-6-4-3-5-7-14/h3-7,12-13,19H,8-11H2,1-2H3,(H2,17,18,20). The number of hydrogen-bond acceptors (Lipinski definition) is 2. The Bertz CT molecular complexity index is 443. The van der Waals surface area contributed by atoms with Crippen LogP contribution in [-0.4, -0.2) is 30.3 Å². The van der Waals surface area contributed by atoms with Crippen molar-refractivity contribution in [2.24, 2.45) is 5.92 Å². The lowest BCUT2D eigenvalue weighted by atomic mass is 9.96. The molecule has 20 heavy (non-hydrogen) atoms. The lowest BCUT2D eigenvalue weighted by molar-refractivity contribution is 0.200. The average molecular weight is 276 g/mol. The van der Waals surface area contributed by atoms with Crippen molar-refractivity contribution in [3.05, 3.63) is 35.9 Å². The third-order valence-electron chi connectivity index (χ3n) is 4.33. The maximum absolute atomic E-state index is 11.9. The highest BCUT2D eigenvalue weighted by Crippen LogP contribution is 2.47. The molecule has 1 aliphatic rings. The first-order valence-electron chi connectivity index (χ1n) is 7.28. The third-order valence-corrected chi connectivity index (χ3v) is 4.33. The van der Waals surface area contributed by atoms with Crippen LogP contribution >= 0.6 is 0 Å². The van der Waals surface area contributed by atoms with Crippen LogP contribution in [0.25, 0.3) is 0 Å². The number of aliphatic hydroxyl groups is 1. The van der Waals surface area contributed by atoms with Gasteiger partial charge < -0.3 is 15.7 Å². The van der Waals surface area contributed by atoms with E-state index in [2.05, 4.69) is 22.8 Å². The van der Waals surface area contributed by atoms with E-state index in [9.17, 15) is 4.79 Å². The van der Waals surface area contributed by atoms with E-state index in [1.807, 2.05) is 32.0 Å². The van der Waals surface area contributed by atoms with Gasteiger partial charge in [0.25, 0.3) is 0 Å². The Labute approximate surface area is 120 Å². The van der Waals surface area contributed by atoms with Gasteiger partial charge in [0.15, 0.2) is 0 Å².